The van der Waals surface area contributed by atoms with E-state index < -0.39 is 0 Å². The smallest absolute Gasteiger partial charge is 0.239 e. The number of amides is 1. The van der Waals surface area contributed by atoms with Crippen LogP contribution in [0.1, 0.15) is 0 Å². The molecule has 3 aromatic rings. The van der Waals surface area contributed by atoms with Gasteiger partial charge in [0.1, 0.15) is 37.2 Å². The van der Waals surface area contributed by atoms with Crippen molar-refractivity contribution in [1.82, 2.24) is 24.8 Å². The molecule has 7 nitrogen and oxygen atoms in total. The number of carbonyl (C=O) groups excluding carboxylic acids is 1. The third kappa shape index (κ3) is 4.67. The number of aromatic nitrogens is 3. The minimum Gasteiger partial charge on any atom is -0.310 e. The molecule has 0 aliphatic carbocycles. The number of piperazine rings is 1. The summed E-state index contributed by atoms with van der Waals surface area (Å²) in [6.07, 6.45) is 3.22. The average molecular weight is 402 g/mol. The Morgan fingerprint density at radius 2 is 1.74 bits per heavy atom. The molecule has 4 rings (SSSR count). The van der Waals surface area contributed by atoms with Crippen LogP contribution >= 0.6 is 0 Å². The van der Waals surface area contributed by atoms with Gasteiger partial charge in [0.15, 0.2) is 0 Å². The zero-order valence-electron chi connectivity index (χ0n) is 17.3. The lowest BCUT2D eigenvalue weighted by atomic mass is 9.70. The Balaban J connectivity index is 1.57. The van der Waals surface area contributed by atoms with Crippen molar-refractivity contribution in [3.63, 3.8) is 0 Å². The van der Waals surface area contributed by atoms with Gasteiger partial charge in [-0.1, -0.05) is 10.9 Å². The highest BCUT2D eigenvalue weighted by atomic mass is 16.2. The predicted octanol–water partition coefficient (Wildman–Crippen LogP) is -2.95. The molecule has 0 spiro atoms. The SMILES string of the molecule is [B]c1nc([B])c(-c2cnc3cnc(NC(=O)CN4CCN(C)CC4)cc3c2)c([B])c1[B]. The van der Waals surface area contributed by atoms with Crippen LogP contribution in [0.4, 0.5) is 5.82 Å². The monoisotopic (exact) mass is 402 g/mol. The van der Waals surface area contributed by atoms with Crippen molar-refractivity contribution in [2.75, 3.05) is 45.1 Å². The summed E-state index contributed by atoms with van der Waals surface area (Å²) in [6, 6.07) is 3.60. The van der Waals surface area contributed by atoms with Gasteiger partial charge < -0.3 is 10.2 Å². The molecule has 146 valence electrons. The van der Waals surface area contributed by atoms with E-state index >= 15 is 0 Å². The minimum atomic E-state index is -0.107. The number of pyridine rings is 3. The molecule has 1 fully saturated rings. The number of likely N-dealkylation sites (N-methyl/N-ethyl adjacent to an activating group) is 1. The number of carbonyl (C=O) groups is 1. The predicted molar refractivity (Wildman–Crippen MR) is 127 cm³/mol. The molecule has 11 heteroatoms. The summed E-state index contributed by atoms with van der Waals surface area (Å²) in [5.74, 6) is 0.339. The molecule has 0 atom stereocenters. The fraction of sp³-hybridized carbons (Fsp3) is 0.300. The van der Waals surface area contributed by atoms with Crippen LogP contribution in [0.5, 0.6) is 0 Å². The van der Waals surface area contributed by atoms with Crippen LogP contribution in [0.2, 0.25) is 0 Å². The molecule has 3 aromatic heterocycles. The van der Waals surface area contributed by atoms with Crippen LogP contribution in [0, 0.1) is 0 Å². The standard InChI is InChI=1S/C20H18B4N6O/c1-29-2-4-30(5-3-29)10-15(31)27-14-7-11-6-12(8-25-13(11)9-26-14)16-17(21)18(22)20(24)28-19(16)23/h6-9H,2-5,10H2,1H3,(H,26,27,31). The summed E-state index contributed by atoms with van der Waals surface area (Å²) in [5, 5.41) is 3.62. The van der Waals surface area contributed by atoms with Crippen LogP contribution < -0.4 is 27.4 Å². The topological polar surface area (TPSA) is 74.2 Å². The number of hydrogen-bond acceptors (Lipinski definition) is 6. The number of anilines is 1. The van der Waals surface area contributed by atoms with Gasteiger partial charge in [0, 0.05) is 43.3 Å². The summed E-state index contributed by atoms with van der Waals surface area (Å²) >= 11 is 0. The van der Waals surface area contributed by atoms with Gasteiger partial charge in [0.2, 0.25) is 5.91 Å². The summed E-state index contributed by atoms with van der Waals surface area (Å²) in [7, 11) is 25.9. The Bertz CT molecular complexity index is 1150. The molecule has 0 bridgehead atoms. The summed E-state index contributed by atoms with van der Waals surface area (Å²) < 4.78 is 0. The molecule has 4 heterocycles. The van der Waals surface area contributed by atoms with Gasteiger partial charge in [0.05, 0.1) is 18.3 Å². The van der Waals surface area contributed by atoms with E-state index in [9.17, 15) is 4.79 Å². The lowest BCUT2D eigenvalue weighted by molar-refractivity contribution is -0.117. The zero-order chi connectivity index (χ0) is 22.1. The molecule has 0 saturated carbocycles. The van der Waals surface area contributed by atoms with Crippen LogP contribution in [0.25, 0.3) is 22.0 Å². The Morgan fingerprint density at radius 1 is 1.00 bits per heavy atom. The highest BCUT2D eigenvalue weighted by Gasteiger charge is 2.17. The lowest BCUT2D eigenvalue weighted by Crippen LogP contribution is -2.47. The highest BCUT2D eigenvalue weighted by molar-refractivity contribution is 6.59. The molecule has 1 saturated heterocycles. The van der Waals surface area contributed by atoms with E-state index in [1.54, 1.807) is 18.5 Å². The Morgan fingerprint density at radius 3 is 2.48 bits per heavy atom. The first-order valence-corrected chi connectivity index (χ1v) is 9.88. The van der Waals surface area contributed by atoms with Crippen molar-refractivity contribution < 1.29 is 4.79 Å². The first-order valence-electron chi connectivity index (χ1n) is 9.88. The number of hydrogen-bond donors (Lipinski definition) is 1. The lowest BCUT2D eigenvalue weighted by Gasteiger charge is -2.31. The summed E-state index contributed by atoms with van der Waals surface area (Å²) in [6.45, 7) is 3.96. The molecule has 8 radical (unpaired) electrons. The van der Waals surface area contributed by atoms with E-state index in [1.165, 1.54) is 0 Å². The van der Waals surface area contributed by atoms with E-state index in [4.69, 9.17) is 31.4 Å². The molecule has 1 aliphatic heterocycles. The van der Waals surface area contributed by atoms with Crippen molar-refractivity contribution in [1.29, 1.82) is 0 Å². The second kappa shape index (κ2) is 8.85. The second-order valence-electron chi connectivity index (χ2n) is 7.70. The molecule has 1 aliphatic rings. The molecule has 31 heavy (non-hydrogen) atoms. The van der Waals surface area contributed by atoms with Crippen molar-refractivity contribution in [3.05, 3.63) is 24.5 Å². The normalized spacial score (nSPS) is 15.3. The maximum atomic E-state index is 12.5. The summed E-state index contributed by atoms with van der Waals surface area (Å²) in [5.41, 5.74) is 2.45. The van der Waals surface area contributed by atoms with Gasteiger partial charge in [-0.3, -0.25) is 19.7 Å². The van der Waals surface area contributed by atoms with Gasteiger partial charge in [-0.05, 0) is 35.9 Å². The van der Waals surface area contributed by atoms with E-state index in [1.807, 2.05) is 6.07 Å². The van der Waals surface area contributed by atoms with Crippen molar-refractivity contribution >= 4 is 76.1 Å². The Hall–Kier alpha value is -2.64. The van der Waals surface area contributed by atoms with Gasteiger partial charge in [-0.2, -0.15) is 0 Å². The number of rotatable bonds is 4. The van der Waals surface area contributed by atoms with Crippen LogP contribution in [0.15, 0.2) is 24.5 Å². The first kappa shape index (κ1) is 21.6. The van der Waals surface area contributed by atoms with E-state index in [0.29, 0.717) is 29.0 Å². The maximum absolute atomic E-state index is 12.5. The average Bonchev–Trinajstić information content (AvgIpc) is 2.73. The first-order chi connectivity index (χ1) is 14.8. The number of nitrogens with zero attached hydrogens (tertiary/aromatic N) is 5. The zero-order valence-corrected chi connectivity index (χ0v) is 17.3. The third-order valence-corrected chi connectivity index (χ3v) is 5.42. The fourth-order valence-corrected chi connectivity index (χ4v) is 3.59. The maximum Gasteiger partial charge on any atom is 0.239 e. The minimum absolute atomic E-state index is 0.0852. The fourth-order valence-electron chi connectivity index (χ4n) is 3.59. The van der Waals surface area contributed by atoms with Gasteiger partial charge in [0.25, 0.3) is 0 Å². The molecule has 1 N–H and O–H groups in total. The molecule has 0 unspecified atom stereocenters. The Labute approximate surface area is 186 Å². The number of fused-ring (bicyclic) bond motifs is 1. The molecular formula is C20H18B4N6O. The Kier molecular flexibility index (Phi) is 6.16. The van der Waals surface area contributed by atoms with Gasteiger partial charge in [-0.15, -0.1) is 0 Å². The quantitative estimate of drug-likeness (QED) is 0.472. The van der Waals surface area contributed by atoms with E-state index in [-0.39, 0.29) is 28.0 Å². The van der Waals surface area contributed by atoms with E-state index in [0.717, 1.165) is 31.6 Å². The van der Waals surface area contributed by atoms with E-state index in [2.05, 4.69) is 37.1 Å². The van der Waals surface area contributed by atoms with Gasteiger partial charge in [-0.25, -0.2) is 4.98 Å². The molecule has 1 amide bonds. The molecular weight excluding hydrogens is 384 g/mol. The highest BCUT2D eigenvalue weighted by Crippen LogP contribution is 2.21. The number of nitrogens with one attached hydrogen (secondary N) is 1. The van der Waals surface area contributed by atoms with Crippen LogP contribution in [-0.4, -0.2) is 102 Å². The summed E-state index contributed by atoms with van der Waals surface area (Å²) in [4.78, 5) is 29.6. The van der Waals surface area contributed by atoms with Crippen molar-refractivity contribution in [3.8, 4) is 11.1 Å². The van der Waals surface area contributed by atoms with Crippen LogP contribution in [-0.2, 0) is 4.79 Å². The van der Waals surface area contributed by atoms with Crippen molar-refractivity contribution in [2.45, 2.75) is 0 Å². The third-order valence-electron chi connectivity index (χ3n) is 5.42. The second-order valence-corrected chi connectivity index (χ2v) is 7.70. The van der Waals surface area contributed by atoms with Crippen LogP contribution in [0.3, 0.4) is 0 Å². The molecule has 0 aromatic carbocycles. The van der Waals surface area contributed by atoms with Gasteiger partial charge >= 0.3 is 0 Å². The van der Waals surface area contributed by atoms with Crippen molar-refractivity contribution in [2.24, 2.45) is 0 Å². The largest absolute Gasteiger partial charge is 0.310 e.